The summed E-state index contributed by atoms with van der Waals surface area (Å²) in [6.07, 6.45) is 5.41. The monoisotopic (exact) mass is 310 g/mol. The highest BCUT2D eigenvalue weighted by atomic mass is 32.2. The summed E-state index contributed by atoms with van der Waals surface area (Å²) >= 11 is 0. The number of benzene rings is 1. The maximum Gasteiger partial charge on any atom is 0.216 e. The Kier molecular flexibility index (Phi) is 5.79. The van der Waals surface area contributed by atoms with Gasteiger partial charge in [-0.05, 0) is 29.9 Å². The molecule has 1 aliphatic rings. The van der Waals surface area contributed by atoms with Gasteiger partial charge in [-0.15, -0.1) is 0 Å². The molecule has 1 aromatic carbocycles. The molecule has 0 amide bonds. The zero-order valence-corrected chi connectivity index (χ0v) is 13.5. The molecule has 0 spiro atoms. The molecule has 0 aliphatic heterocycles. The van der Waals surface area contributed by atoms with E-state index in [1.54, 1.807) is 0 Å². The summed E-state index contributed by atoms with van der Waals surface area (Å²) in [4.78, 5) is 0. The molecule has 3 N–H and O–H groups in total. The molecular weight excluding hydrogens is 284 g/mol. The molecule has 2 rings (SSSR count). The van der Waals surface area contributed by atoms with Crippen molar-refractivity contribution in [3.63, 3.8) is 0 Å². The van der Waals surface area contributed by atoms with Crippen molar-refractivity contribution >= 4 is 10.0 Å². The molecule has 0 radical (unpaired) electrons. The fourth-order valence-electron chi connectivity index (χ4n) is 3.13. The van der Waals surface area contributed by atoms with Gasteiger partial charge in [0.1, 0.15) is 0 Å². The maximum absolute atomic E-state index is 12.3. The van der Waals surface area contributed by atoms with Gasteiger partial charge in [-0.2, -0.15) is 0 Å². The normalized spacial score (nSPS) is 23.1. The Labute approximate surface area is 128 Å². The van der Waals surface area contributed by atoms with E-state index in [1.165, 1.54) is 6.42 Å². The number of hydrogen-bond acceptors (Lipinski definition) is 3. The van der Waals surface area contributed by atoms with Crippen LogP contribution in [0.4, 0.5) is 0 Å². The molecule has 1 aliphatic carbocycles. The third kappa shape index (κ3) is 5.09. The molecule has 0 saturated heterocycles. The second-order valence-corrected chi connectivity index (χ2v) is 7.79. The Morgan fingerprint density at radius 2 is 2.05 bits per heavy atom. The van der Waals surface area contributed by atoms with Crippen molar-refractivity contribution in [2.24, 2.45) is 11.7 Å². The average Bonchev–Trinajstić information content (AvgIpc) is 2.46. The summed E-state index contributed by atoms with van der Waals surface area (Å²) in [6, 6.07) is 7.59. The number of rotatable bonds is 6. The van der Waals surface area contributed by atoms with E-state index in [-0.39, 0.29) is 11.8 Å². The molecule has 1 saturated carbocycles. The Morgan fingerprint density at radius 1 is 1.29 bits per heavy atom. The van der Waals surface area contributed by atoms with Gasteiger partial charge in [0.05, 0.1) is 5.75 Å². The minimum atomic E-state index is -3.28. The van der Waals surface area contributed by atoms with Gasteiger partial charge < -0.3 is 5.73 Å². The zero-order chi connectivity index (χ0) is 15.3. The molecule has 2 unspecified atom stereocenters. The lowest BCUT2D eigenvalue weighted by Gasteiger charge is -2.28. The first-order valence-corrected chi connectivity index (χ1v) is 9.45. The van der Waals surface area contributed by atoms with Crippen LogP contribution in [0.3, 0.4) is 0 Å². The van der Waals surface area contributed by atoms with Crippen molar-refractivity contribution in [2.75, 3.05) is 0 Å². The minimum absolute atomic E-state index is 0.0358. The molecule has 0 heterocycles. The topological polar surface area (TPSA) is 72.2 Å². The highest BCUT2D eigenvalue weighted by Gasteiger charge is 2.24. The van der Waals surface area contributed by atoms with Crippen molar-refractivity contribution in [3.8, 4) is 0 Å². The van der Waals surface area contributed by atoms with Crippen molar-refractivity contribution in [1.29, 1.82) is 0 Å². The number of sulfonamides is 1. The van der Waals surface area contributed by atoms with E-state index in [0.717, 1.165) is 36.8 Å². The van der Waals surface area contributed by atoms with Crippen LogP contribution in [-0.2, 0) is 22.3 Å². The van der Waals surface area contributed by atoms with Gasteiger partial charge in [0.2, 0.25) is 10.0 Å². The van der Waals surface area contributed by atoms with E-state index >= 15 is 0 Å². The standard InChI is InChI=1S/C16H26N2O2S/c1-2-13-5-4-8-16(10-13)18-21(19,20)12-15-7-3-6-14(9-15)11-17/h3,6-7,9,13,16,18H,2,4-5,8,10-12,17H2,1H3. The summed E-state index contributed by atoms with van der Waals surface area (Å²) in [5.41, 5.74) is 7.36. The lowest BCUT2D eigenvalue weighted by molar-refractivity contribution is 0.301. The molecule has 1 fully saturated rings. The molecule has 118 valence electrons. The zero-order valence-electron chi connectivity index (χ0n) is 12.7. The van der Waals surface area contributed by atoms with Crippen LogP contribution in [0.15, 0.2) is 24.3 Å². The van der Waals surface area contributed by atoms with Crippen LogP contribution in [0.2, 0.25) is 0 Å². The quantitative estimate of drug-likeness (QED) is 0.848. The van der Waals surface area contributed by atoms with Gasteiger partial charge in [0, 0.05) is 12.6 Å². The van der Waals surface area contributed by atoms with Crippen LogP contribution in [0.25, 0.3) is 0 Å². The van der Waals surface area contributed by atoms with E-state index in [4.69, 9.17) is 5.73 Å². The van der Waals surface area contributed by atoms with Crippen molar-refractivity contribution in [1.82, 2.24) is 4.72 Å². The summed E-state index contributed by atoms with van der Waals surface area (Å²) < 4.78 is 27.5. The summed E-state index contributed by atoms with van der Waals surface area (Å²) in [7, 11) is -3.28. The molecule has 2 atom stereocenters. The molecule has 4 nitrogen and oxygen atoms in total. The second-order valence-electron chi connectivity index (χ2n) is 6.04. The predicted molar refractivity (Wildman–Crippen MR) is 86.1 cm³/mol. The van der Waals surface area contributed by atoms with Crippen LogP contribution in [0.1, 0.15) is 50.2 Å². The molecule has 5 heteroatoms. The lowest BCUT2D eigenvalue weighted by atomic mass is 9.85. The summed E-state index contributed by atoms with van der Waals surface area (Å²) in [6.45, 7) is 2.61. The smallest absolute Gasteiger partial charge is 0.216 e. The second kappa shape index (κ2) is 7.38. The van der Waals surface area contributed by atoms with Crippen molar-refractivity contribution in [2.45, 2.75) is 57.4 Å². The number of hydrogen-bond donors (Lipinski definition) is 2. The van der Waals surface area contributed by atoms with E-state index < -0.39 is 10.0 Å². The first-order valence-electron chi connectivity index (χ1n) is 7.80. The molecule has 0 aromatic heterocycles. The van der Waals surface area contributed by atoms with Gasteiger partial charge in [-0.25, -0.2) is 13.1 Å². The van der Waals surface area contributed by atoms with Crippen molar-refractivity contribution < 1.29 is 8.42 Å². The fraction of sp³-hybridized carbons (Fsp3) is 0.625. The van der Waals surface area contributed by atoms with Crippen molar-refractivity contribution in [3.05, 3.63) is 35.4 Å². The fourth-order valence-corrected chi connectivity index (χ4v) is 4.55. The Bertz CT molecular complexity index is 557. The first-order chi connectivity index (χ1) is 10.0. The van der Waals surface area contributed by atoms with Crippen LogP contribution < -0.4 is 10.5 Å². The van der Waals surface area contributed by atoms with Gasteiger partial charge in [-0.3, -0.25) is 0 Å². The Balaban J connectivity index is 1.98. The van der Waals surface area contributed by atoms with E-state index in [2.05, 4.69) is 11.6 Å². The SMILES string of the molecule is CCC1CCCC(NS(=O)(=O)Cc2cccc(CN)c2)C1. The van der Waals surface area contributed by atoms with E-state index in [0.29, 0.717) is 12.5 Å². The van der Waals surface area contributed by atoms with Crippen LogP contribution >= 0.6 is 0 Å². The van der Waals surface area contributed by atoms with Crippen LogP contribution in [0.5, 0.6) is 0 Å². The maximum atomic E-state index is 12.3. The number of nitrogens with two attached hydrogens (primary N) is 1. The third-order valence-electron chi connectivity index (χ3n) is 4.29. The minimum Gasteiger partial charge on any atom is -0.326 e. The first kappa shape index (κ1) is 16.5. The highest BCUT2D eigenvalue weighted by molar-refractivity contribution is 7.88. The van der Waals surface area contributed by atoms with Gasteiger partial charge in [-0.1, -0.05) is 50.5 Å². The van der Waals surface area contributed by atoms with Crippen LogP contribution in [0, 0.1) is 5.92 Å². The molecule has 0 bridgehead atoms. The third-order valence-corrected chi connectivity index (χ3v) is 5.70. The Hall–Kier alpha value is -0.910. The average molecular weight is 310 g/mol. The molecule has 1 aromatic rings. The van der Waals surface area contributed by atoms with E-state index in [9.17, 15) is 8.42 Å². The van der Waals surface area contributed by atoms with Gasteiger partial charge in [0.25, 0.3) is 0 Å². The Morgan fingerprint density at radius 3 is 2.76 bits per heavy atom. The summed E-state index contributed by atoms with van der Waals surface area (Å²) in [5, 5.41) is 0. The van der Waals surface area contributed by atoms with E-state index in [1.807, 2.05) is 24.3 Å². The predicted octanol–water partition coefficient (Wildman–Crippen LogP) is 2.53. The van der Waals surface area contributed by atoms with Gasteiger partial charge in [0.15, 0.2) is 0 Å². The van der Waals surface area contributed by atoms with Crippen LogP contribution in [-0.4, -0.2) is 14.5 Å². The van der Waals surface area contributed by atoms with Gasteiger partial charge >= 0.3 is 0 Å². The molecule has 21 heavy (non-hydrogen) atoms. The summed E-state index contributed by atoms with van der Waals surface area (Å²) in [5.74, 6) is 0.695. The largest absolute Gasteiger partial charge is 0.326 e. The molecular formula is C16H26N2O2S. The number of nitrogens with one attached hydrogen (secondary N) is 1. The highest BCUT2D eigenvalue weighted by Crippen LogP contribution is 2.27. The lowest BCUT2D eigenvalue weighted by Crippen LogP contribution is -2.38.